The minimum absolute atomic E-state index is 0.0610. The Morgan fingerprint density at radius 2 is 2.00 bits per heavy atom. The maximum absolute atomic E-state index is 12.6. The third kappa shape index (κ3) is 3.81. The van der Waals surface area contributed by atoms with Gasteiger partial charge in [-0.3, -0.25) is 4.79 Å². The Hall–Kier alpha value is -1.38. The van der Waals surface area contributed by atoms with Gasteiger partial charge in [-0.25, -0.2) is 0 Å². The molecule has 2 aliphatic carbocycles. The fourth-order valence-corrected chi connectivity index (χ4v) is 4.08. The Kier molecular flexibility index (Phi) is 6.06. The van der Waals surface area contributed by atoms with Crippen LogP contribution in [-0.2, 0) is 14.3 Å². The first kappa shape index (κ1) is 19.0. The van der Waals surface area contributed by atoms with Gasteiger partial charge >= 0.3 is 5.97 Å². The number of rotatable bonds is 5. The highest BCUT2D eigenvalue weighted by Crippen LogP contribution is 2.46. The summed E-state index contributed by atoms with van der Waals surface area (Å²) in [5.74, 6) is 0.844. The van der Waals surface area contributed by atoms with Crippen LogP contribution in [0.1, 0.15) is 53.9 Å². The van der Waals surface area contributed by atoms with E-state index in [1.54, 1.807) is 0 Å². The summed E-state index contributed by atoms with van der Waals surface area (Å²) in [6.07, 6.45) is 12.2. The third-order valence-electron chi connectivity index (χ3n) is 6.06. The average molecular weight is 332 g/mol. The van der Waals surface area contributed by atoms with E-state index in [4.69, 9.17) is 4.74 Å². The van der Waals surface area contributed by atoms with E-state index in [1.165, 1.54) is 0 Å². The van der Waals surface area contributed by atoms with Crippen LogP contribution in [0.5, 0.6) is 0 Å². The Labute approximate surface area is 146 Å². The molecule has 0 spiro atoms. The summed E-state index contributed by atoms with van der Waals surface area (Å²) in [6, 6.07) is 0. The second-order valence-corrected chi connectivity index (χ2v) is 8.14. The van der Waals surface area contributed by atoms with Crippen LogP contribution < -0.4 is 0 Å². The number of hydrogen-bond donors (Lipinski definition) is 0. The molecule has 0 saturated heterocycles. The average Bonchev–Trinajstić information content (AvgIpc) is 2.55. The molecule has 0 aromatic carbocycles. The Balaban J connectivity index is 2.28. The fraction of sp³-hybridized carbons (Fsp3) is 0.714. The molecule has 0 N–H and O–H groups in total. The van der Waals surface area contributed by atoms with E-state index in [-0.39, 0.29) is 29.8 Å². The number of hydrogen-bond acceptors (Lipinski definition) is 3. The molecule has 0 bridgehead atoms. The van der Waals surface area contributed by atoms with Crippen LogP contribution in [0.15, 0.2) is 24.3 Å². The molecule has 2 rings (SSSR count). The van der Waals surface area contributed by atoms with Gasteiger partial charge in [-0.1, -0.05) is 38.2 Å². The Bertz CT molecular complexity index is 517. The standard InChI is InChI=1S/C21H32O3/c1-6-8-15-11-16-10-9-14(3)17(13-22)19(16)18(12-15)24-20(23)21(4,5)7-2/h6,8-10,13-19H,7,11-12H2,1-5H3/b8-6+/t14-,15?,16-,17-,18-,19-/m0/s1. The first-order valence-corrected chi connectivity index (χ1v) is 9.31. The van der Waals surface area contributed by atoms with Gasteiger partial charge in [0.25, 0.3) is 0 Å². The number of allylic oxidation sites excluding steroid dienone is 4. The van der Waals surface area contributed by atoms with E-state index in [0.717, 1.165) is 25.5 Å². The molecule has 134 valence electrons. The normalized spacial score (nSPS) is 36.4. The number of aldehydes is 1. The molecular weight excluding hydrogens is 300 g/mol. The van der Waals surface area contributed by atoms with Crippen LogP contribution in [-0.4, -0.2) is 18.4 Å². The third-order valence-corrected chi connectivity index (χ3v) is 6.06. The van der Waals surface area contributed by atoms with Crippen molar-refractivity contribution >= 4 is 12.3 Å². The number of esters is 1. The van der Waals surface area contributed by atoms with Crippen LogP contribution in [0.3, 0.4) is 0 Å². The summed E-state index contributed by atoms with van der Waals surface area (Å²) in [6.45, 7) is 9.98. The van der Waals surface area contributed by atoms with Crippen molar-refractivity contribution in [1.29, 1.82) is 0 Å². The summed E-state index contributed by atoms with van der Waals surface area (Å²) >= 11 is 0. The maximum atomic E-state index is 12.6. The summed E-state index contributed by atoms with van der Waals surface area (Å²) in [4.78, 5) is 24.4. The lowest BCUT2D eigenvalue weighted by atomic mass is 9.62. The largest absolute Gasteiger partial charge is 0.462 e. The SMILES string of the molecule is C/C=C/C1C[C@H](OC(=O)C(C)(C)CC)[C@@H]2[C@@H](C=O)[C@@H](C)C=C[C@H]2C1. The molecule has 2 aliphatic rings. The number of fused-ring (bicyclic) bond motifs is 1. The predicted octanol–water partition coefficient (Wildman–Crippen LogP) is 4.57. The highest BCUT2D eigenvalue weighted by molar-refractivity contribution is 5.76. The molecular formula is C21H32O3. The van der Waals surface area contributed by atoms with Crippen LogP contribution in [0, 0.1) is 35.0 Å². The quantitative estimate of drug-likeness (QED) is 0.421. The zero-order valence-electron chi connectivity index (χ0n) is 15.7. The summed E-state index contributed by atoms with van der Waals surface area (Å²) in [5.41, 5.74) is -0.476. The lowest BCUT2D eigenvalue weighted by molar-refractivity contribution is -0.169. The van der Waals surface area contributed by atoms with Crippen molar-refractivity contribution in [2.75, 3.05) is 0 Å². The molecule has 0 radical (unpaired) electrons. The molecule has 0 aromatic rings. The molecule has 1 fully saturated rings. The van der Waals surface area contributed by atoms with Crippen LogP contribution in [0.2, 0.25) is 0 Å². The van der Waals surface area contributed by atoms with Crippen molar-refractivity contribution in [3.8, 4) is 0 Å². The predicted molar refractivity (Wildman–Crippen MR) is 96.3 cm³/mol. The summed E-state index contributed by atoms with van der Waals surface area (Å²) in [7, 11) is 0. The summed E-state index contributed by atoms with van der Waals surface area (Å²) in [5, 5.41) is 0. The van der Waals surface area contributed by atoms with Gasteiger partial charge in [-0.15, -0.1) is 0 Å². The van der Waals surface area contributed by atoms with Crippen molar-refractivity contribution in [3.05, 3.63) is 24.3 Å². The molecule has 1 saturated carbocycles. The van der Waals surface area contributed by atoms with Crippen LogP contribution in [0.25, 0.3) is 0 Å². The van der Waals surface area contributed by atoms with E-state index in [9.17, 15) is 9.59 Å². The second kappa shape index (κ2) is 7.67. The first-order chi connectivity index (χ1) is 11.3. The van der Waals surface area contributed by atoms with Gasteiger partial charge < -0.3 is 9.53 Å². The molecule has 0 heterocycles. The van der Waals surface area contributed by atoms with Crippen molar-refractivity contribution in [1.82, 2.24) is 0 Å². The van der Waals surface area contributed by atoms with Crippen molar-refractivity contribution < 1.29 is 14.3 Å². The second-order valence-electron chi connectivity index (χ2n) is 8.14. The van der Waals surface area contributed by atoms with E-state index >= 15 is 0 Å². The highest BCUT2D eigenvalue weighted by atomic mass is 16.5. The van der Waals surface area contributed by atoms with E-state index in [2.05, 4.69) is 31.2 Å². The summed E-state index contributed by atoms with van der Waals surface area (Å²) < 4.78 is 6.01. The number of carbonyl (C=O) groups excluding carboxylic acids is 2. The number of carbonyl (C=O) groups is 2. The van der Waals surface area contributed by atoms with E-state index in [0.29, 0.717) is 11.8 Å². The molecule has 0 aliphatic heterocycles. The molecule has 6 atom stereocenters. The van der Waals surface area contributed by atoms with Gasteiger partial charge in [0.15, 0.2) is 0 Å². The van der Waals surface area contributed by atoms with Crippen LogP contribution in [0.4, 0.5) is 0 Å². The van der Waals surface area contributed by atoms with E-state index in [1.807, 2.05) is 27.7 Å². The molecule has 3 nitrogen and oxygen atoms in total. The minimum Gasteiger partial charge on any atom is -0.462 e. The van der Waals surface area contributed by atoms with Gasteiger partial charge in [-0.2, -0.15) is 0 Å². The molecule has 24 heavy (non-hydrogen) atoms. The maximum Gasteiger partial charge on any atom is 0.311 e. The van der Waals surface area contributed by atoms with E-state index < -0.39 is 5.41 Å². The lowest BCUT2D eigenvalue weighted by Crippen LogP contribution is -2.47. The topological polar surface area (TPSA) is 43.4 Å². The molecule has 0 aromatic heterocycles. The van der Waals surface area contributed by atoms with Gasteiger partial charge in [0.2, 0.25) is 0 Å². The van der Waals surface area contributed by atoms with Crippen molar-refractivity contribution in [2.45, 2.75) is 60.0 Å². The number of ether oxygens (including phenoxy) is 1. The fourth-order valence-electron chi connectivity index (χ4n) is 4.08. The minimum atomic E-state index is -0.476. The van der Waals surface area contributed by atoms with Gasteiger partial charge in [0.1, 0.15) is 12.4 Å². The Morgan fingerprint density at radius 1 is 1.29 bits per heavy atom. The molecule has 3 heteroatoms. The van der Waals surface area contributed by atoms with Crippen LogP contribution >= 0.6 is 0 Å². The van der Waals surface area contributed by atoms with Gasteiger partial charge in [0, 0.05) is 11.8 Å². The van der Waals surface area contributed by atoms with Crippen molar-refractivity contribution in [3.63, 3.8) is 0 Å². The monoisotopic (exact) mass is 332 g/mol. The zero-order valence-corrected chi connectivity index (χ0v) is 15.7. The Morgan fingerprint density at radius 3 is 2.58 bits per heavy atom. The van der Waals surface area contributed by atoms with Gasteiger partial charge in [0.05, 0.1) is 5.41 Å². The van der Waals surface area contributed by atoms with Crippen molar-refractivity contribution in [2.24, 2.45) is 35.0 Å². The smallest absolute Gasteiger partial charge is 0.311 e. The van der Waals surface area contributed by atoms with Gasteiger partial charge in [-0.05, 0) is 57.8 Å². The first-order valence-electron chi connectivity index (χ1n) is 9.31. The zero-order chi connectivity index (χ0) is 17.9. The highest BCUT2D eigenvalue weighted by Gasteiger charge is 2.46. The molecule has 1 unspecified atom stereocenters. The molecule has 0 amide bonds. The lowest BCUT2D eigenvalue weighted by Gasteiger charge is -2.46.